The molecule has 8 heteroatoms. The summed E-state index contributed by atoms with van der Waals surface area (Å²) in [5.41, 5.74) is 3.40. The standard InChI is InChI=1S/C15H20N4O2S2/c1-10-4-5-12(11(2)8-10)17-14-18-19-15(23-14)22-9-13(20)16-6-7-21-3/h4-5,8H,6-7,9H2,1-3H3,(H,16,20)(H,17,18). The first-order valence-corrected chi connectivity index (χ1v) is 8.95. The van der Waals surface area contributed by atoms with E-state index in [2.05, 4.69) is 46.8 Å². The molecule has 0 saturated heterocycles. The largest absolute Gasteiger partial charge is 0.383 e. The number of thioether (sulfide) groups is 1. The first-order chi connectivity index (χ1) is 11.1. The van der Waals surface area contributed by atoms with Crippen LogP contribution in [-0.4, -0.2) is 42.1 Å². The summed E-state index contributed by atoms with van der Waals surface area (Å²) in [7, 11) is 1.60. The quantitative estimate of drug-likeness (QED) is 0.562. The molecule has 2 N–H and O–H groups in total. The Morgan fingerprint density at radius 3 is 2.91 bits per heavy atom. The summed E-state index contributed by atoms with van der Waals surface area (Å²) >= 11 is 2.81. The zero-order chi connectivity index (χ0) is 16.7. The maximum atomic E-state index is 11.6. The van der Waals surface area contributed by atoms with Gasteiger partial charge in [0.05, 0.1) is 12.4 Å². The molecule has 124 valence electrons. The van der Waals surface area contributed by atoms with E-state index in [9.17, 15) is 4.79 Å². The molecular formula is C15H20N4O2S2. The van der Waals surface area contributed by atoms with Crippen LogP contribution in [0.4, 0.5) is 10.8 Å². The maximum absolute atomic E-state index is 11.6. The third kappa shape index (κ3) is 5.81. The predicted octanol–water partition coefficient (Wildman–Crippen LogP) is 2.75. The molecular weight excluding hydrogens is 332 g/mol. The van der Waals surface area contributed by atoms with Crippen LogP contribution in [0.25, 0.3) is 0 Å². The Hall–Kier alpha value is -1.64. The lowest BCUT2D eigenvalue weighted by Gasteiger charge is -2.06. The SMILES string of the molecule is COCCNC(=O)CSc1nnc(Nc2ccc(C)cc2C)s1. The van der Waals surface area contributed by atoms with Gasteiger partial charge in [-0.05, 0) is 25.5 Å². The highest BCUT2D eigenvalue weighted by atomic mass is 32.2. The summed E-state index contributed by atoms with van der Waals surface area (Å²) in [5, 5.41) is 15.0. The average Bonchev–Trinajstić information content (AvgIpc) is 2.96. The van der Waals surface area contributed by atoms with Gasteiger partial charge in [0.25, 0.3) is 0 Å². The first-order valence-electron chi connectivity index (χ1n) is 7.14. The van der Waals surface area contributed by atoms with Crippen LogP contribution in [0.2, 0.25) is 0 Å². The number of methoxy groups -OCH3 is 1. The molecule has 1 amide bonds. The molecule has 0 bridgehead atoms. The van der Waals surface area contributed by atoms with Gasteiger partial charge in [0.2, 0.25) is 11.0 Å². The highest BCUT2D eigenvalue weighted by Gasteiger charge is 2.09. The lowest BCUT2D eigenvalue weighted by atomic mass is 10.1. The van der Waals surface area contributed by atoms with E-state index >= 15 is 0 Å². The normalized spacial score (nSPS) is 10.6. The number of carbonyl (C=O) groups is 1. The molecule has 23 heavy (non-hydrogen) atoms. The summed E-state index contributed by atoms with van der Waals surface area (Å²) in [6.07, 6.45) is 0. The zero-order valence-electron chi connectivity index (χ0n) is 13.4. The highest BCUT2D eigenvalue weighted by molar-refractivity contribution is 8.01. The fourth-order valence-corrected chi connectivity index (χ4v) is 3.45. The van der Waals surface area contributed by atoms with Crippen LogP contribution in [0.5, 0.6) is 0 Å². The van der Waals surface area contributed by atoms with Gasteiger partial charge in [-0.1, -0.05) is 40.8 Å². The molecule has 2 rings (SSSR count). The van der Waals surface area contributed by atoms with Crippen molar-refractivity contribution in [1.29, 1.82) is 0 Å². The lowest BCUT2D eigenvalue weighted by molar-refractivity contribution is -0.118. The van der Waals surface area contributed by atoms with Crippen molar-refractivity contribution in [1.82, 2.24) is 15.5 Å². The molecule has 2 aromatic rings. The number of benzene rings is 1. The van der Waals surface area contributed by atoms with Gasteiger partial charge in [0, 0.05) is 19.3 Å². The number of amides is 1. The van der Waals surface area contributed by atoms with Gasteiger partial charge in [0.1, 0.15) is 0 Å². The van der Waals surface area contributed by atoms with Gasteiger partial charge in [-0.25, -0.2) is 0 Å². The van der Waals surface area contributed by atoms with Crippen LogP contribution in [0, 0.1) is 13.8 Å². The average molecular weight is 352 g/mol. The Morgan fingerprint density at radius 2 is 2.17 bits per heavy atom. The molecule has 0 unspecified atom stereocenters. The third-order valence-corrected chi connectivity index (χ3v) is 4.96. The number of nitrogens with one attached hydrogen (secondary N) is 2. The van der Waals surface area contributed by atoms with Gasteiger partial charge >= 0.3 is 0 Å². The van der Waals surface area contributed by atoms with E-state index in [1.165, 1.54) is 28.7 Å². The van der Waals surface area contributed by atoms with Crippen molar-refractivity contribution in [3.63, 3.8) is 0 Å². The number of rotatable bonds is 8. The summed E-state index contributed by atoms with van der Waals surface area (Å²) < 4.78 is 5.64. The summed E-state index contributed by atoms with van der Waals surface area (Å²) in [6.45, 7) is 5.15. The number of anilines is 2. The molecule has 6 nitrogen and oxygen atoms in total. The minimum absolute atomic E-state index is 0.0360. The van der Waals surface area contributed by atoms with E-state index in [-0.39, 0.29) is 5.91 Å². The van der Waals surface area contributed by atoms with E-state index in [0.717, 1.165) is 20.7 Å². The molecule has 0 saturated carbocycles. The molecule has 0 aliphatic rings. The molecule has 0 aliphatic carbocycles. The fraction of sp³-hybridized carbons (Fsp3) is 0.400. The number of hydrogen-bond acceptors (Lipinski definition) is 7. The second-order valence-electron chi connectivity index (χ2n) is 4.95. The van der Waals surface area contributed by atoms with Gasteiger partial charge in [-0.3, -0.25) is 4.79 Å². The van der Waals surface area contributed by atoms with Gasteiger partial charge in [-0.15, -0.1) is 10.2 Å². The Morgan fingerprint density at radius 1 is 1.35 bits per heavy atom. The first kappa shape index (κ1) is 17.7. The Balaban J connectivity index is 1.84. The Bertz CT molecular complexity index is 661. The van der Waals surface area contributed by atoms with E-state index < -0.39 is 0 Å². The second-order valence-corrected chi connectivity index (χ2v) is 7.15. The Labute approximate surface area is 144 Å². The van der Waals surface area contributed by atoms with Gasteiger partial charge in [-0.2, -0.15) is 0 Å². The predicted molar refractivity (Wildman–Crippen MR) is 94.7 cm³/mol. The van der Waals surface area contributed by atoms with Crippen LogP contribution >= 0.6 is 23.1 Å². The van der Waals surface area contributed by atoms with Crippen LogP contribution < -0.4 is 10.6 Å². The van der Waals surface area contributed by atoms with Crippen molar-refractivity contribution in [2.45, 2.75) is 18.2 Å². The second kappa shape index (κ2) is 8.85. The van der Waals surface area contributed by atoms with E-state index in [1.807, 2.05) is 6.07 Å². The molecule has 0 atom stereocenters. The maximum Gasteiger partial charge on any atom is 0.230 e. The number of aromatic nitrogens is 2. The topological polar surface area (TPSA) is 76.1 Å². The third-order valence-electron chi connectivity index (χ3n) is 2.99. The number of hydrogen-bond donors (Lipinski definition) is 2. The number of carbonyl (C=O) groups excluding carboxylic acids is 1. The molecule has 1 aromatic carbocycles. The lowest BCUT2D eigenvalue weighted by Crippen LogP contribution is -2.28. The van der Waals surface area contributed by atoms with Crippen LogP contribution in [0.1, 0.15) is 11.1 Å². The van der Waals surface area contributed by atoms with E-state index in [1.54, 1.807) is 7.11 Å². The van der Waals surface area contributed by atoms with Crippen molar-refractivity contribution in [3.05, 3.63) is 29.3 Å². The minimum Gasteiger partial charge on any atom is -0.383 e. The van der Waals surface area contributed by atoms with Crippen molar-refractivity contribution in [3.8, 4) is 0 Å². The number of ether oxygens (including phenoxy) is 1. The Kier molecular flexibility index (Phi) is 6.82. The van der Waals surface area contributed by atoms with Crippen molar-refractivity contribution in [2.75, 3.05) is 31.3 Å². The summed E-state index contributed by atoms with van der Waals surface area (Å²) in [4.78, 5) is 11.6. The monoisotopic (exact) mass is 352 g/mol. The van der Waals surface area contributed by atoms with E-state index in [0.29, 0.717) is 18.9 Å². The number of aryl methyl sites for hydroxylation is 2. The van der Waals surface area contributed by atoms with Gasteiger partial charge < -0.3 is 15.4 Å². The van der Waals surface area contributed by atoms with E-state index in [4.69, 9.17) is 4.74 Å². The van der Waals surface area contributed by atoms with Crippen molar-refractivity contribution < 1.29 is 9.53 Å². The molecule has 0 aliphatic heterocycles. The smallest absolute Gasteiger partial charge is 0.230 e. The molecule has 0 fully saturated rings. The fourth-order valence-electron chi connectivity index (χ4n) is 1.86. The van der Waals surface area contributed by atoms with Crippen LogP contribution in [0.15, 0.2) is 22.5 Å². The zero-order valence-corrected chi connectivity index (χ0v) is 15.0. The van der Waals surface area contributed by atoms with Gasteiger partial charge in [0.15, 0.2) is 4.34 Å². The molecule has 1 aromatic heterocycles. The van der Waals surface area contributed by atoms with Crippen LogP contribution in [0.3, 0.4) is 0 Å². The molecule has 0 radical (unpaired) electrons. The summed E-state index contributed by atoms with van der Waals surface area (Å²) in [5.74, 6) is 0.285. The highest BCUT2D eigenvalue weighted by Crippen LogP contribution is 2.28. The minimum atomic E-state index is -0.0360. The van der Waals surface area contributed by atoms with Crippen molar-refractivity contribution >= 4 is 39.8 Å². The molecule has 1 heterocycles. The van der Waals surface area contributed by atoms with Crippen LogP contribution in [-0.2, 0) is 9.53 Å². The number of nitrogens with zero attached hydrogens (tertiary/aromatic N) is 2. The summed E-state index contributed by atoms with van der Waals surface area (Å²) in [6, 6.07) is 6.20. The van der Waals surface area contributed by atoms with Crippen molar-refractivity contribution in [2.24, 2.45) is 0 Å². The molecule has 0 spiro atoms.